The van der Waals surface area contributed by atoms with Crippen molar-refractivity contribution in [2.45, 2.75) is 58.1 Å². The molecule has 0 N–H and O–H groups in total. The molecule has 3 aliphatic carbocycles. The Morgan fingerprint density at radius 3 is 2.00 bits per heavy atom. The second kappa shape index (κ2) is 2.93. The van der Waals surface area contributed by atoms with Crippen LogP contribution in [0.15, 0.2) is 0 Å². The molecule has 0 aromatic heterocycles. The summed E-state index contributed by atoms with van der Waals surface area (Å²) < 4.78 is 0. The third-order valence-corrected chi connectivity index (χ3v) is 6.37. The quantitative estimate of drug-likeness (QED) is 0.584. The van der Waals surface area contributed by atoms with Crippen molar-refractivity contribution < 1.29 is 0 Å². The first-order valence-electron chi connectivity index (χ1n) is 6.87. The van der Waals surface area contributed by atoms with Gasteiger partial charge in [0.1, 0.15) is 0 Å². The summed E-state index contributed by atoms with van der Waals surface area (Å²) in [5.74, 6) is 2.37. The van der Waals surface area contributed by atoms with E-state index in [1.807, 2.05) is 0 Å². The summed E-state index contributed by atoms with van der Waals surface area (Å²) in [4.78, 5) is 0. The zero-order valence-electron chi connectivity index (χ0n) is 10.9. The summed E-state index contributed by atoms with van der Waals surface area (Å²) in [5.41, 5.74) is 0.720. The van der Waals surface area contributed by atoms with E-state index in [0.717, 1.165) is 11.8 Å². The smallest absolute Gasteiger partial charge is 0.0631 e. The van der Waals surface area contributed by atoms with Crippen molar-refractivity contribution in [1.82, 2.24) is 0 Å². The predicted octanol–water partition coefficient (Wildman–Crippen LogP) is 3.31. The summed E-state index contributed by atoms with van der Waals surface area (Å²) in [6, 6.07) is 0. The van der Waals surface area contributed by atoms with Gasteiger partial charge in [-0.15, -0.1) is 0 Å². The number of hydrogen-bond acceptors (Lipinski definition) is 0. The molecule has 84 valence electrons. The van der Waals surface area contributed by atoms with Crippen molar-refractivity contribution in [3.05, 3.63) is 0 Å². The molecule has 0 aromatic rings. The van der Waals surface area contributed by atoms with Crippen molar-refractivity contribution >= 4 is 15.7 Å². The first-order valence-corrected chi connectivity index (χ1v) is 6.87. The van der Waals surface area contributed by atoms with Gasteiger partial charge in [-0.2, -0.15) is 0 Å². The van der Waals surface area contributed by atoms with Crippen molar-refractivity contribution in [1.29, 1.82) is 0 Å². The van der Waals surface area contributed by atoms with Crippen LogP contribution in [0.1, 0.15) is 52.9 Å². The van der Waals surface area contributed by atoms with E-state index < -0.39 is 5.21 Å². The molecule has 0 amide bonds. The Kier molecular flexibility index (Phi) is 2.05. The third-order valence-electron chi connectivity index (χ3n) is 6.37. The molecular formula is C14H22B2. The highest BCUT2D eigenvalue weighted by Crippen LogP contribution is 2.76. The first kappa shape index (κ1) is 11.2. The van der Waals surface area contributed by atoms with Crippen molar-refractivity contribution in [2.75, 3.05) is 0 Å². The average Bonchev–Trinajstić information content (AvgIpc) is 2.18. The molecule has 1 spiro atoms. The summed E-state index contributed by atoms with van der Waals surface area (Å²) >= 11 is 0. The van der Waals surface area contributed by atoms with Gasteiger partial charge in [0.25, 0.3) is 0 Å². The van der Waals surface area contributed by atoms with E-state index in [1.54, 1.807) is 0 Å². The molecule has 0 saturated heterocycles. The lowest BCUT2D eigenvalue weighted by molar-refractivity contribution is -0.0760. The minimum atomic E-state index is -0.484. The molecule has 3 saturated carbocycles. The van der Waals surface area contributed by atoms with Gasteiger partial charge in [0.05, 0.1) is 15.7 Å². The molecule has 0 heterocycles. The van der Waals surface area contributed by atoms with Crippen LogP contribution < -0.4 is 0 Å². The standard InChI is InChI=1S/C14H22B2/c1-12(2,3)14(15,16)11-8-9-4-6-13(9)7-5-10(11)13/h9-11H,4-8H2,1-3H3. The zero-order chi connectivity index (χ0) is 11.8. The summed E-state index contributed by atoms with van der Waals surface area (Å²) in [6.45, 7) is 6.58. The molecule has 3 aliphatic rings. The molecule has 0 aliphatic heterocycles. The van der Waals surface area contributed by atoms with Gasteiger partial charge in [-0.3, -0.25) is 0 Å². The van der Waals surface area contributed by atoms with Crippen LogP contribution in [0.5, 0.6) is 0 Å². The van der Waals surface area contributed by atoms with Crippen LogP contribution in [-0.2, 0) is 0 Å². The molecule has 16 heavy (non-hydrogen) atoms. The maximum Gasteiger partial charge on any atom is 0.0631 e. The van der Waals surface area contributed by atoms with E-state index >= 15 is 0 Å². The van der Waals surface area contributed by atoms with Gasteiger partial charge in [-0.05, 0) is 60.7 Å². The molecule has 3 rings (SSSR count). The lowest BCUT2D eigenvalue weighted by Gasteiger charge is -2.59. The molecule has 0 aromatic carbocycles. The summed E-state index contributed by atoms with van der Waals surface area (Å²) in [7, 11) is 13.0. The fourth-order valence-corrected chi connectivity index (χ4v) is 4.73. The Bertz CT molecular complexity index is 311. The Morgan fingerprint density at radius 2 is 1.69 bits per heavy atom. The van der Waals surface area contributed by atoms with E-state index in [4.69, 9.17) is 15.7 Å². The molecule has 4 atom stereocenters. The Labute approximate surface area is 103 Å². The lowest BCUT2D eigenvalue weighted by atomic mass is 9.35. The molecule has 0 bridgehead atoms. The second-order valence-electron chi connectivity index (χ2n) is 7.64. The van der Waals surface area contributed by atoms with Gasteiger partial charge in [0.2, 0.25) is 0 Å². The van der Waals surface area contributed by atoms with Crippen LogP contribution in [0.3, 0.4) is 0 Å². The van der Waals surface area contributed by atoms with Gasteiger partial charge in [-0.1, -0.05) is 26.0 Å². The van der Waals surface area contributed by atoms with E-state index in [0.29, 0.717) is 11.3 Å². The van der Waals surface area contributed by atoms with Crippen LogP contribution in [0.2, 0.25) is 5.21 Å². The SMILES string of the molecule is [B]C([B])(C1CC2CCC23CCC13)C(C)(C)C. The van der Waals surface area contributed by atoms with Crippen LogP contribution in [0, 0.1) is 28.6 Å². The molecule has 4 radical (unpaired) electrons. The summed E-state index contributed by atoms with van der Waals surface area (Å²) in [5, 5.41) is -0.484. The van der Waals surface area contributed by atoms with Crippen LogP contribution in [-0.4, -0.2) is 15.7 Å². The van der Waals surface area contributed by atoms with Crippen LogP contribution in [0.4, 0.5) is 0 Å². The minimum absolute atomic E-state index is 0.0121. The Hall–Kier alpha value is 0.130. The fraction of sp³-hybridized carbons (Fsp3) is 1.00. The molecule has 4 unspecified atom stereocenters. The van der Waals surface area contributed by atoms with Gasteiger partial charge in [0.15, 0.2) is 0 Å². The predicted molar refractivity (Wildman–Crippen MR) is 69.6 cm³/mol. The van der Waals surface area contributed by atoms with Crippen LogP contribution in [0.25, 0.3) is 0 Å². The van der Waals surface area contributed by atoms with Gasteiger partial charge in [-0.25, -0.2) is 0 Å². The van der Waals surface area contributed by atoms with Crippen molar-refractivity contribution in [3.8, 4) is 0 Å². The molecular weight excluding hydrogens is 190 g/mol. The summed E-state index contributed by atoms with van der Waals surface area (Å²) in [6.07, 6.45) is 7.04. The van der Waals surface area contributed by atoms with E-state index in [-0.39, 0.29) is 5.41 Å². The zero-order valence-corrected chi connectivity index (χ0v) is 10.9. The second-order valence-corrected chi connectivity index (χ2v) is 7.64. The highest BCUT2D eigenvalue weighted by atomic mass is 14.7. The van der Waals surface area contributed by atoms with Gasteiger partial charge >= 0.3 is 0 Å². The average molecular weight is 212 g/mol. The Morgan fingerprint density at radius 1 is 1.06 bits per heavy atom. The van der Waals surface area contributed by atoms with E-state index in [1.165, 1.54) is 32.1 Å². The largest absolute Gasteiger partial charge is 0.0913 e. The first-order chi connectivity index (χ1) is 7.29. The molecule has 0 nitrogen and oxygen atoms in total. The minimum Gasteiger partial charge on any atom is -0.0913 e. The fourth-order valence-electron chi connectivity index (χ4n) is 4.73. The number of rotatable bonds is 1. The third kappa shape index (κ3) is 1.10. The van der Waals surface area contributed by atoms with E-state index in [9.17, 15) is 0 Å². The van der Waals surface area contributed by atoms with Crippen molar-refractivity contribution in [2.24, 2.45) is 28.6 Å². The highest BCUT2D eigenvalue weighted by Gasteiger charge is 2.66. The topological polar surface area (TPSA) is 0 Å². The van der Waals surface area contributed by atoms with E-state index in [2.05, 4.69) is 20.8 Å². The normalized spacial score (nSPS) is 46.6. The molecule has 3 fully saturated rings. The van der Waals surface area contributed by atoms with Gasteiger partial charge in [0, 0.05) is 0 Å². The van der Waals surface area contributed by atoms with Gasteiger partial charge < -0.3 is 0 Å². The van der Waals surface area contributed by atoms with Crippen LogP contribution >= 0.6 is 0 Å². The monoisotopic (exact) mass is 212 g/mol. The lowest BCUT2D eigenvalue weighted by Crippen LogP contribution is -2.50. The highest BCUT2D eigenvalue weighted by molar-refractivity contribution is 6.40. The number of hydrogen-bond donors (Lipinski definition) is 0. The van der Waals surface area contributed by atoms with Crippen molar-refractivity contribution in [3.63, 3.8) is 0 Å². The Balaban J connectivity index is 1.87. The maximum absolute atomic E-state index is 6.51. The molecule has 2 heteroatoms. The maximum atomic E-state index is 6.51.